The van der Waals surface area contributed by atoms with Gasteiger partial charge >= 0.3 is 5.97 Å². The summed E-state index contributed by atoms with van der Waals surface area (Å²) in [5, 5.41) is 0. The van der Waals surface area contributed by atoms with Crippen molar-refractivity contribution in [2.45, 2.75) is 12.3 Å². The molecule has 1 unspecified atom stereocenters. The zero-order chi connectivity index (χ0) is 18.5. The lowest BCUT2D eigenvalue weighted by Crippen LogP contribution is -2.19. The molecule has 0 N–H and O–H groups in total. The average molecular weight is 366 g/mol. The summed E-state index contributed by atoms with van der Waals surface area (Å²) in [6.45, 7) is 0.538. The first kappa shape index (κ1) is 16.1. The van der Waals surface area contributed by atoms with Gasteiger partial charge in [-0.15, -0.1) is 0 Å². The Labute approximate surface area is 156 Å². The smallest absolute Gasteiger partial charge is 0.335 e. The van der Waals surface area contributed by atoms with Crippen molar-refractivity contribution in [1.82, 2.24) is 0 Å². The van der Waals surface area contributed by atoms with Crippen LogP contribution in [0, 0.1) is 0 Å². The van der Waals surface area contributed by atoms with Crippen molar-refractivity contribution in [2.75, 3.05) is 27.6 Å². The number of benzene rings is 2. The Hall–Kier alpha value is -3.15. The van der Waals surface area contributed by atoms with Gasteiger partial charge in [0, 0.05) is 11.5 Å². The van der Waals surface area contributed by atoms with E-state index in [1.807, 2.05) is 30.3 Å². The van der Waals surface area contributed by atoms with Crippen molar-refractivity contribution in [3.8, 4) is 23.0 Å². The zero-order valence-corrected chi connectivity index (χ0v) is 15.0. The lowest BCUT2D eigenvalue weighted by atomic mass is 9.75. The monoisotopic (exact) mass is 366 g/mol. The van der Waals surface area contributed by atoms with Gasteiger partial charge in [0.1, 0.15) is 6.61 Å². The molecule has 0 amide bonds. The second-order valence-electron chi connectivity index (χ2n) is 6.69. The molecular weight excluding hydrogens is 348 g/mol. The Kier molecular flexibility index (Phi) is 3.53. The second kappa shape index (κ2) is 5.94. The minimum Gasteiger partial charge on any atom is -0.493 e. The van der Waals surface area contributed by atoms with E-state index in [-0.39, 0.29) is 18.7 Å². The molecule has 5 rings (SSSR count). The van der Waals surface area contributed by atoms with E-state index in [0.29, 0.717) is 41.6 Å². The van der Waals surface area contributed by atoms with Crippen molar-refractivity contribution in [1.29, 1.82) is 0 Å². The lowest BCUT2D eigenvalue weighted by molar-refractivity contribution is -0.136. The van der Waals surface area contributed by atoms with Crippen LogP contribution in [0.15, 0.2) is 41.5 Å². The number of rotatable bonds is 3. The van der Waals surface area contributed by atoms with Gasteiger partial charge in [0.2, 0.25) is 6.79 Å². The highest BCUT2D eigenvalue weighted by Crippen LogP contribution is 2.51. The molecule has 2 aliphatic heterocycles. The maximum absolute atomic E-state index is 12.6. The predicted molar refractivity (Wildman–Crippen MR) is 95.6 cm³/mol. The standard InChI is InChI=1S/C21H18O6/c1-23-15-6-4-11-7-13-9-25-21(22)19(13)17(18(11)20(15)24-2)12-3-5-14-16(8-12)27-10-26-14/h3-6,8,17H,7,9-10H2,1-2H3. The Balaban J connectivity index is 1.76. The van der Waals surface area contributed by atoms with Gasteiger partial charge in [0.15, 0.2) is 23.0 Å². The number of cyclic esters (lactones) is 1. The summed E-state index contributed by atoms with van der Waals surface area (Å²) in [6, 6.07) is 9.69. The summed E-state index contributed by atoms with van der Waals surface area (Å²) in [4.78, 5) is 12.6. The van der Waals surface area contributed by atoms with Crippen molar-refractivity contribution < 1.29 is 28.5 Å². The predicted octanol–water partition coefficient (Wildman–Crippen LogP) is 2.97. The quantitative estimate of drug-likeness (QED) is 0.779. The van der Waals surface area contributed by atoms with Gasteiger partial charge in [0.25, 0.3) is 0 Å². The molecule has 6 heteroatoms. The molecule has 2 aromatic carbocycles. The molecule has 1 aliphatic carbocycles. The minimum absolute atomic E-state index is 0.202. The SMILES string of the molecule is COc1ccc2c(c1OC)C(c1ccc3c(c1)OCO3)C1=C(COC1=O)C2. The van der Waals surface area contributed by atoms with Crippen LogP contribution in [0.2, 0.25) is 0 Å². The number of carbonyl (C=O) groups excluding carboxylic acids is 1. The molecule has 2 heterocycles. The van der Waals surface area contributed by atoms with Crippen LogP contribution < -0.4 is 18.9 Å². The first-order valence-corrected chi connectivity index (χ1v) is 8.73. The summed E-state index contributed by atoms with van der Waals surface area (Å²) >= 11 is 0. The summed E-state index contributed by atoms with van der Waals surface area (Å²) < 4.78 is 27.5. The van der Waals surface area contributed by atoms with Gasteiger partial charge in [-0.3, -0.25) is 0 Å². The number of fused-ring (bicyclic) bond motifs is 2. The largest absolute Gasteiger partial charge is 0.493 e. The highest BCUT2D eigenvalue weighted by atomic mass is 16.7. The second-order valence-corrected chi connectivity index (χ2v) is 6.69. The van der Waals surface area contributed by atoms with Crippen LogP contribution >= 0.6 is 0 Å². The molecule has 0 radical (unpaired) electrons. The van der Waals surface area contributed by atoms with Crippen LogP contribution in [-0.2, 0) is 16.0 Å². The van der Waals surface area contributed by atoms with E-state index >= 15 is 0 Å². The molecular formula is C21H18O6. The van der Waals surface area contributed by atoms with E-state index in [1.165, 1.54) is 0 Å². The van der Waals surface area contributed by atoms with Crippen LogP contribution in [0.1, 0.15) is 22.6 Å². The molecule has 6 nitrogen and oxygen atoms in total. The third kappa shape index (κ3) is 2.29. The number of hydrogen-bond acceptors (Lipinski definition) is 6. The zero-order valence-electron chi connectivity index (χ0n) is 15.0. The molecule has 2 aromatic rings. The minimum atomic E-state index is -0.307. The number of hydrogen-bond donors (Lipinski definition) is 0. The van der Waals surface area contributed by atoms with Gasteiger partial charge in [-0.25, -0.2) is 4.79 Å². The van der Waals surface area contributed by atoms with E-state index in [9.17, 15) is 4.79 Å². The maximum Gasteiger partial charge on any atom is 0.335 e. The topological polar surface area (TPSA) is 63.2 Å². The first-order chi connectivity index (χ1) is 13.2. The Morgan fingerprint density at radius 1 is 1.00 bits per heavy atom. The third-order valence-corrected chi connectivity index (χ3v) is 5.36. The third-order valence-electron chi connectivity index (χ3n) is 5.36. The molecule has 1 atom stereocenters. The van der Waals surface area contributed by atoms with Gasteiger partial charge in [-0.1, -0.05) is 12.1 Å². The number of carbonyl (C=O) groups is 1. The molecule has 138 valence electrons. The van der Waals surface area contributed by atoms with E-state index in [1.54, 1.807) is 14.2 Å². The highest BCUT2D eigenvalue weighted by molar-refractivity contribution is 5.96. The maximum atomic E-state index is 12.6. The number of ether oxygens (including phenoxy) is 5. The lowest BCUT2D eigenvalue weighted by Gasteiger charge is -2.29. The van der Waals surface area contributed by atoms with Crippen molar-refractivity contribution >= 4 is 5.97 Å². The Morgan fingerprint density at radius 2 is 1.85 bits per heavy atom. The molecule has 0 aromatic heterocycles. The number of methoxy groups -OCH3 is 2. The molecule has 0 saturated heterocycles. The molecule has 0 spiro atoms. The first-order valence-electron chi connectivity index (χ1n) is 8.73. The van der Waals surface area contributed by atoms with Crippen molar-refractivity contribution in [3.63, 3.8) is 0 Å². The van der Waals surface area contributed by atoms with E-state index in [0.717, 1.165) is 22.3 Å². The highest BCUT2D eigenvalue weighted by Gasteiger charge is 2.40. The number of esters is 1. The van der Waals surface area contributed by atoms with Crippen LogP contribution in [0.5, 0.6) is 23.0 Å². The average Bonchev–Trinajstić information content (AvgIpc) is 3.31. The van der Waals surface area contributed by atoms with Crippen LogP contribution in [0.3, 0.4) is 0 Å². The van der Waals surface area contributed by atoms with Crippen molar-refractivity contribution in [3.05, 3.63) is 58.2 Å². The summed E-state index contributed by atoms with van der Waals surface area (Å²) in [5.74, 6) is 2.08. The normalized spacial score (nSPS) is 19.5. The van der Waals surface area contributed by atoms with Gasteiger partial charge in [0.05, 0.1) is 19.8 Å². The summed E-state index contributed by atoms with van der Waals surface area (Å²) in [5.41, 5.74) is 4.68. The molecule has 27 heavy (non-hydrogen) atoms. The molecule has 0 fully saturated rings. The van der Waals surface area contributed by atoms with E-state index < -0.39 is 0 Å². The van der Waals surface area contributed by atoms with Gasteiger partial charge < -0.3 is 23.7 Å². The van der Waals surface area contributed by atoms with Gasteiger partial charge in [-0.05, 0) is 41.3 Å². The van der Waals surface area contributed by atoms with Gasteiger partial charge in [-0.2, -0.15) is 0 Å². The fraction of sp³-hybridized carbons (Fsp3) is 0.286. The molecule has 0 saturated carbocycles. The summed E-state index contributed by atoms with van der Waals surface area (Å²) in [6.07, 6.45) is 0.664. The fourth-order valence-electron chi connectivity index (χ4n) is 4.18. The van der Waals surface area contributed by atoms with Crippen LogP contribution in [0.4, 0.5) is 0 Å². The van der Waals surface area contributed by atoms with Crippen LogP contribution in [0.25, 0.3) is 0 Å². The van der Waals surface area contributed by atoms with E-state index in [2.05, 4.69) is 0 Å². The van der Waals surface area contributed by atoms with Crippen molar-refractivity contribution in [2.24, 2.45) is 0 Å². The van der Waals surface area contributed by atoms with E-state index in [4.69, 9.17) is 23.7 Å². The Morgan fingerprint density at radius 3 is 2.67 bits per heavy atom. The summed E-state index contributed by atoms with van der Waals surface area (Å²) in [7, 11) is 3.23. The Bertz CT molecular complexity index is 990. The van der Waals surface area contributed by atoms with Crippen LogP contribution in [-0.4, -0.2) is 33.6 Å². The molecule has 0 bridgehead atoms. The molecule has 3 aliphatic rings. The fourth-order valence-corrected chi connectivity index (χ4v) is 4.18.